The van der Waals surface area contributed by atoms with Crippen molar-refractivity contribution in [1.82, 2.24) is 0 Å². The molecule has 0 bridgehead atoms. The molecule has 1 aliphatic rings. The van der Waals surface area contributed by atoms with Crippen molar-refractivity contribution in [2.75, 3.05) is 27.4 Å². The van der Waals surface area contributed by atoms with Gasteiger partial charge < -0.3 is 4.74 Å². The minimum Gasteiger partial charge on any atom is -0.375 e. The molecule has 15 heavy (non-hydrogen) atoms. The number of ether oxygens (including phenoxy) is 1. The summed E-state index contributed by atoms with van der Waals surface area (Å²) in [5.41, 5.74) is 0. The van der Waals surface area contributed by atoms with Gasteiger partial charge in [-0.2, -0.15) is 0 Å². The number of hydrogen-bond donors (Lipinski definition) is 0. The lowest BCUT2D eigenvalue weighted by molar-refractivity contribution is -0.286. The van der Waals surface area contributed by atoms with Gasteiger partial charge in [-0.1, -0.05) is 0 Å². The van der Waals surface area contributed by atoms with Crippen LogP contribution < -0.4 is 0 Å². The van der Waals surface area contributed by atoms with E-state index in [-0.39, 0.29) is 12.2 Å². The Kier molecular flexibility index (Phi) is 6.12. The van der Waals surface area contributed by atoms with Crippen molar-refractivity contribution < 1.29 is 24.3 Å². The lowest BCUT2D eigenvalue weighted by Gasteiger charge is -2.16. The van der Waals surface area contributed by atoms with E-state index in [0.717, 1.165) is 12.8 Å². The fraction of sp³-hybridized carbons (Fsp3) is 1.00. The van der Waals surface area contributed by atoms with Crippen molar-refractivity contribution >= 4 is 0 Å². The first-order valence-corrected chi connectivity index (χ1v) is 5.24. The fourth-order valence-electron chi connectivity index (χ4n) is 1.93. The van der Waals surface area contributed by atoms with Gasteiger partial charge in [-0.15, -0.1) is 0 Å². The molecule has 1 unspecified atom stereocenters. The van der Waals surface area contributed by atoms with Gasteiger partial charge in [0.1, 0.15) is 0 Å². The lowest BCUT2D eigenvalue weighted by Crippen LogP contribution is -2.22. The van der Waals surface area contributed by atoms with Crippen LogP contribution in [0.1, 0.15) is 19.8 Å². The highest BCUT2D eigenvalue weighted by Crippen LogP contribution is 2.28. The van der Waals surface area contributed by atoms with E-state index in [4.69, 9.17) is 14.5 Å². The molecule has 0 saturated carbocycles. The van der Waals surface area contributed by atoms with Crippen LogP contribution in [0.5, 0.6) is 0 Å². The molecule has 0 aromatic carbocycles. The molecule has 5 nitrogen and oxygen atoms in total. The van der Waals surface area contributed by atoms with Crippen molar-refractivity contribution in [3.8, 4) is 0 Å². The molecule has 90 valence electrons. The first kappa shape index (κ1) is 12.9. The molecule has 0 spiro atoms. The smallest absolute Gasteiger partial charge is 0.0876 e. The summed E-state index contributed by atoms with van der Waals surface area (Å²) < 4.78 is 5.75. The zero-order valence-electron chi connectivity index (χ0n) is 9.60. The van der Waals surface area contributed by atoms with Gasteiger partial charge in [-0.3, -0.25) is 0 Å². The van der Waals surface area contributed by atoms with Crippen molar-refractivity contribution in [1.29, 1.82) is 0 Å². The van der Waals surface area contributed by atoms with Gasteiger partial charge in [-0.05, 0) is 13.3 Å². The maximum atomic E-state index is 5.75. The van der Waals surface area contributed by atoms with E-state index < -0.39 is 0 Å². The van der Waals surface area contributed by atoms with Gasteiger partial charge in [-0.25, -0.2) is 19.6 Å². The van der Waals surface area contributed by atoms with Gasteiger partial charge in [0.25, 0.3) is 0 Å². The molecule has 0 aromatic heterocycles. The van der Waals surface area contributed by atoms with Crippen LogP contribution in [0.4, 0.5) is 0 Å². The normalized spacial score (nSPS) is 31.0. The molecule has 0 N–H and O–H groups in total. The summed E-state index contributed by atoms with van der Waals surface area (Å²) in [5.74, 6) is 0.375. The second-order valence-electron chi connectivity index (χ2n) is 3.71. The molecule has 0 amide bonds. The highest BCUT2D eigenvalue weighted by molar-refractivity contribution is 4.79. The third-order valence-electron chi connectivity index (χ3n) is 2.57. The van der Waals surface area contributed by atoms with Gasteiger partial charge in [0, 0.05) is 12.3 Å². The Morgan fingerprint density at radius 1 is 1.20 bits per heavy atom. The number of rotatable bonds is 7. The summed E-state index contributed by atoms with van der Waals surface area (Å²) in [4.78, 5) is 18.9. The van der Waals surface area contributed by atoms with Gasteiger partial charge in [0.2, 0.25) is 0 Å². The van der Waals surface area contributed by atoms with E-state index in [2.05, 4.69) is 16.7 Å². The summed E-state index contributed by atoms with van der Waals surface area (Å²) >= 11 is 0. The molecule has 3 atom stereocenters. The summed E-state index contributed by atoms with van der Waals surface area (Å²) in [7, 11) is 3.02. The second kappa shape index (κ2) is 7.14. The van der Waals surface area contributed by atoms with Crippen LogP contribution in [0.2, 0.25) is 0 Å². The van der Waals surface area contributed by atoms with Crippen LogP contribution in [0.3, 0.4) is 0 Å². The third-order valence-corrected chi connectivity index (χ3v) is 2.57. The Morgan fingerprint density at radius 3 is 2.60 bits per heavy atom. The monoisotopic (exact) mass is 220 g/mol. The zero-order valence-corrected chi connectivity index (χ0v) is 9.60. The molecule has 1 saturated heterocycles. The predicted molar refractivity (Wildman–Crippen MR) is 53.0 cm³/mol. The average Bonchev–Trinajstić information content (AvgIpc) is 2.56. The van der Waals surface area contributed by atoms with Crippen LogP contribution >= 0.6 is 0 Å². The lowest BCUT2D eigenvalue weighted by atomic mass is 9.99. The molecule has 5 heteroatoms. The van der Waals surface area contributed by atoms with Crippen molar-refractivity contribution in [2.24, 2.45) is 5.92 Å². The first-order chi connectivity index (χ1) is 7.27. The highest BCUT2D eigenvalue weighted by atomic mass is 17.2. The van der Waals surface area contributed by atoms with Crippen molar-refractivity contribution in [3.63, 3.8) is 0 Å². The molecule has 0 aromatic rings. The molecule has 0 aliphatic carbocycles. The highest BCUT2D eigenvalue weighted by Gasteiger charge is 2.32. The Labute approximate surface area is 90.4 Å². The van der Waals surface area contributed by atoms with Gasteiger partial charge in [0.15, 0.2) is 0 Å². The SMILES string of the molecule is COOCC[C@H]1O[C@@H](C)CC1COOC. The maximum Gasteiger partial charge on any atom is 0.0876 e. The maximum absolute atomic E-state index is 5.75. The first-order valence-electron chi connectivity index (χ1n) is 5.24. The summed E-state index contributed by atoms with van der Waals surface area (Å²) in [6, 6.07) is 0. The standard InChI is InChI=1S/C10H20O5/c1-8-6-9(7-14-12-3)10(15-8)4-5-13-11-2/h8-10H,4-7H2,1-3H3/t8-,9?,10+/m0/s1. The Hall–Kier alpha value is -0.200. The number of hydrogen-bond acceptors (Lipinski definition) is 5. The summed E-state index contributed by atoms with van der Waals surface area (Å²) in [6.07, 6.45) is 2.27. The van der Waals surface area contributed by atoms with Crippen LogP contribution in [-0.2, 0) is 24.3 Å². The van der Waals surface area contributed by atoms with Crippen LogP contribution in [-0.4, -0.2) is 39.6 Å². The van der Waals surface area contributed by atoms with E-state index in [9.17, 15) is 0 Å². The Bertz CT molecular complexity index is 164. The molecule has 1 heterocycles. The summed E-state index contributed by atoms with van der Waals surface area (Å²) in [5, 5.41) is 0. The van der Waals surface area contributed by atoms with E-state index in [1.54, 1.807) is 0 Å². The van der Waals surface area contributed by atoms with Crippen molar-refractivity contribution in [3.05, 3.63) is 0 Å². The second-order valence-corrected chi connectivity index (χ2v) is 3.71. The Balaban J connectivity index is 2.25. The minimum atomic E-state index is 0.172. The molecular formula is C10H20O5. The van der Waals surface area contributed by atoms with E-state index in [1.165, 1.54) is 14.2 Å². The molecule has 1 aliphatic heterocycles. The van der Waals surface area contributed by atoms with E-state index in [1.807, 2.05) is 0 Å². The van der Waals surface area contributed by atoms with Crippen LogP contribution in [0.25, 0.3) is 0 Å². The molecule has 1 rings (SSSR count). The fourth-order valence-corrected chi connectivity index (χ4v) is 1.93. The molecule has 1 fully saturated rings. The van der Waals surface area contributed by atoms with Crippen LogP contribution in [0, 0.1) is 5.92 Å². The average molecular weight is 220 g/mol. The topological polar surface area (TPSA) is 46.2 Å². The van der Waals surface area contributed by atoms with Gasteiger partial charge in [0.05, 0.1) is 39.6 Å². The predicted octanol–water partition coefficient (Wildman–Crippen LogP) is 1.33. The minimum absolute atomic E-state index is 0.172. The Morgan fingerprint density at radius 2 is 1.93 bits per heavy atom. The van der Waals surface area contributed by atoms with Crippen molar-refractivity contribution in [2.45, 2.75) is 32.0 Å². The van der Waals surface area contributed by atoms with Crippen LogP contribution in [0.15, 0.2) is 0 Å². The summed E-state index contributed by atoms with van der Waals surface area (Å²) in [6.45, 7) is 3.17. The van der Waals surface area contributed by atoms with E-state index in [0.29, 0.717) is 19.1 Å². The zero-order chi connectivity index (χ0) is 11.1. The molecule has 0 radical (unpaired) electrons. The van der Waals surface area contributed by atoms with Gasteiger partial charge >= 0.3 is 0 Å². The third kappa shape index (κ3) is 4.44. The molecular weight excluding hydrogens is 200 g/mol. The van der Waals surface area contributed by atoms with E-state index >= 15 is 0 Å². The quantitative estimate of drug-likeness (QED) is 0.368. The largest absolute Gasteiger partial charge is 0.375 e.